The Hall–Kier alpha value is -2.59. The summed E-state index contributed by atoms with van der Waals surface area (Å²) in [5.41, 5.74) is 0.214. The van der Waals surface area contributed by atoms with Crippen molar-refractivity contribution < 1.29 is 28.2 Å². The number of sulfonamides is 1. The summed E-state index contributed by atoms with van der Waals surface area (Å²) in [7, 11) is -2.70. The number of carboxylic acids is 1. The van der Waals surface area contributed by atoms with Gasteiger partial charge in [0, 0.05) is 37.1 Å². The molecular formula is C29H35ClN2O6S. The summed E-state index contributed by atoms with van der Waals surface area (Å²) in [6.45, 7) is 1.92. The fourth-order valence-electron chi connectivity index (χ4n) is 6.07. The van der Waals surface area contributed by atoms with Crippen molar-refractivity contribution in [2.75, 3.05) is 43.9 Å². The van der Waals surface area contributed by atoms with E-state index in [1.54, 1.807) is 18.2 Å². The average molecular weight is 575 g/mol. The number of benzene rings is 2. The SMILES string of the molecule is CN1C/C=C\CCCCN2C[C@@]3(CCCc4cc(Cl)ccc43)COc3ccc(cc32)[C@](O)(C(=O)O)CS1(=O)=O. The van der Waals surface area contributed by atoms with Gasteiger partial charge in [0.25, 0.3) is 0 Å². The predicted molar refractivity (Wildman–Crippen MR) is 151 cm³/mol. The quantitative estimate of drug-likeness (QED) is 0.494. The number of hydrogen-bond donors (Lipinski definition) is 2. The molecule has 0 saturated heterocycles. The van der Waals surface area contributed by atoms with Gasteiger partial charge in [-0.3, -0.25) is 0 Å². The lowest BCUT2D eigenvalue weighted by molar-refractivity contribution is -0.157. The maximum absolute atomic E-state index is 13.1. The lowest BCUT2D eigenvalue weighted by atomic mass is 9.70. The number of anilines is 1. The molecule has 2 aromatic rings. The van der Waals surface area contributed by atoms with E-state index in [4.69, 9.17) is 16.3 Å². The second kappa shape index (κ2) is 10.8. The van der Waals surface area contributed by atoms with E-state index in [2.05, 4.69) is 11.0 Å². The lowest BCUT2D eigenvalue weighted by Crippen LogP contribution is -2.46. The van der Waals surface area contributed by atoms with Gasteiger partial charge in [-0.25, -0.2) is 17.5 Å². The summed E-state index contributed by atoms with van der Waals surface area (Å²) in [5.74, 6) is -2.00. The van der Waals surface area contributed by atoms with E-state index in [0.717, 1.165) is 42.8 Å². The zero-order chi connectivity index (χ0) is 27.8. The lowest BCUT2D eigenvalue weighted by Gasteiger charge is -2.41. The Balaban J connectivity index is 1.61. The standard InChI is InChI=1S/C29H35ClN2O6S/c1-31-14-5-3-2-4-6-15-32-18-28(13-7-8-21-16-23(30)10-11-24(21)28)19-38-26-12-9-22(17-25(26)32)29(35,27(33)34)20-39(31,36)37/h3,5,9-12,16-17,35H,2,4,6-8,13-15,18-20H2,1H3,(H,33,34)/b5-3-/t28-,29-/m0/s1. The van der Waals surface area contributed by atoms with E-state index >= 15 is 0 Å². The van der Waals surface area contributed by atoms with Gasteiger partial charge < -0.3 is 19.8 Å². The van der Waals surface area contributed by atoms with Crippen LogP contribution >= 0.6 is 11.6 Å². The molecule has 0 radical (unpaired) electrons. The number of carboxylic acid groups (broad SMARTS) is 1. The monoisotopic (exact) mass is 574 g/mol. The van der Waals surface area contributed by atoms with Crippen molar-refractivity contribution in [2.45, 2.75) is 49.5 Å². The highest BCUT2D eigenvalue weighted by Gasteiger charge is 2.46. The molecule has 10 heteroatoms. The zero-order valence-corrected chi connectivity index (χ0v) is 23.7. The predicted octanol–water partition coefficient (Wildman–Crippen LogP) is 4.09. The number of carbonyl (C=O) groups is 1. The van der Waals surface area contributed by atoms with Crippen LogP contribution in [0.2, 0.25) is 5.02 Å². The van der Waals surface area contributed by atoms with Crippen LogP contribution in [0.15, 0.2) is 48.6 Å². The number of aliphatic carboxylic acids is 1. The second-order valence-corrected chi connectivity index (χ2v) is 13.5. The molecule has 2 aromatic carbocycles. The number of halogens is 1. The summed E-state index contributed by atoms with van der Waals surface area (Å²) in [4.78, 5) is 14.6. The van der Waals surface area contributed by atoms with E-state index in [1.807, 2.05) is 18.2 Å². The number of rotatable bonds is 1. The topological polar surface area (TPSA) is 107 Å². The van der Waals surface area contributed by atoms with E-state index in [1.165, 1.54) is 24.2 Å². The van der Waals surface area contributed by atoms with Crippen LogP contribution < -0.4 is 9.64 Å². The number of aliphatic hydroxyl groups is 1. The van der Waals surface area contributed by atoms with Gasteiger partial charge >= 0.3 is 5.97 Å². The Labute approximate surface area is 234 Å². The van der Waals surface area contributed by atoms with Crippen molar-refractivity contribution in [1.82, 2.24) is 4.31 Å². The third-order valence-electron chi connectivity index (χ3n) is 8.31. The number of aryl methyl sites for hydroxylation is 1. The third-order valence-corrected chi connectivity index (χ3v) is 10.4. The van der Waals surface area contributed by atoms with Crippen LogP contribution in [-0.4, -0.2) is 67.9 Å². The molecule has 0 saturated carbocycles. The molecule has 0 amide bonds. The highest BCUT2D eigenvalue weighted by atomic mass is 35.5. The Bertz CT molecular complexity index is 1400. The van der Waals surface area contributed by atoms with Gasteiger partial charge in [-0.2, -0.15) is 0 Å². The molecule has 1 aliphatic carbocycles. The summed E-state index contributed by atoms with van der Waals surface area (Å²) in [6.07, 6.45) is 9.22. The highest BCUT2D eigenvalue weighted by Crippen LogP contribution is 2.45. The van der Waals surface area contributed by atoms with Gasteiger partial charge in [0.1, 0.15) is 11.5 Å². The first-order chi connectivity index (χ1) is 18.5. The molecular weight excluding hydrogens is 540 g/mol. The fraction of sp³-hybridized carbons (Fsp3) is 0.483. The molecule has 0 fully saturated rings. The minimum atomic E-state index is -4.09. The van der Waals surface area contributed by atoms with Crippen LogP contribution in [-0.2, 0) is 32.3 Å². The number of nitrogens with zero attached hydrogens (tertiary/aromatic N) is 2. The summed E-state index contributed by atoms with van der Waals surface area (Å²) in [5, 5.41) is 22.2. The van der Waals surface area contributed by atoms with Crippen molar-refractivity contribution in [3.63, 3.8) is 0 Å². The molecule has 2 atom stereocenters. The Morgan fingerprint density at radius 3 is 2.72 bits per heavy atom. The number of likely N-dealkylation sites (N-methyl/N-ethyl adjacent to an activating group) is 1. The van der Waals surface area contributed by atoms with Gasteiger partial charge in [0.05, 0.1) is 12.3 Å². The van der Waals surface area contributed by atoms with E-state index < -0.39 is 27.3 Å². The maximum atomic E-state index is 13.1. The maximum Gasteiger partial charge on any atom is 0.341 e. The van der Waals surface area contributed by atoms with E-state index in [-0.39, 0.29) is 17.5 Å². The Morgan fingerprint density at radius 2 is 1.92 bits per heavy atom. The smallest absolute Gasteiger partial charge is 0.341 e. The zero-order valence-electron chi connectivity index (χ0n) is 22.1. The minimum Gasteiger partial charge on any atom is -0.490 e. The molecule has 8 nitrogen and oxygen atoms in total. The number of hydrogen-bond acceptors (Lipinski definition) is 6. The number of ether oxygens (including phenoxy) is 1. The van der Waals surface area contributed by atoms with Gasteiger partial charge in [0.2, 0.25) is 15.6 Å². The van der Waals surface area contributed by atoms with Gasteiger partial charge in [-0.05, 0) is 79.5 Å². The largest absolute Gasteiger partial charge is 0.490 e. The Kier molecular flexibility index (Phi) is 7.72. The summed E-state index contributed by atoms with van der Waals surface area (Å²) < 4.78 is 33.6. The molecule has 3 aliphatic rings. The number of allylic oxidation sites excluding steroid dienone is 1. The van der Waals surface area contributed by atoms with Crippen LogP contribution in [0, 0.1) is 0 Å². The van der Waals surface area contributed by atoms with Gasteiger partial charge in [0.15, 0.2) is 0 Å². The van der Waals surface area contributed by atoms with Gasteiger partial charge in [-0.1, -0.05) is 35.9 Å². The van der Waals surface area contributed by atoms with E-state index in [9.17, 15) is 23.4 Å². The van der Waals surface area contributed by atoms with Crippen LogP contribution in [0.5, 0.6) is 5.75 Å². The van der Waals surface area contributed by atoms with Crippen LogP contribution in [0.25, 0.3) is 0 Å². The third kappa shape index (κ3) is 5.42. The molecule has 2 N–H and O–H groups in total. The first-order valence-electron chi connectivity index (χ1n) is 13.4. The van der Waals surface area contributed by atoms with Crippen LogP contribution in [0.3, 0.4) is 0 Å². The molecule has 2 aliphatic heterocycles. The minimum absolute atomic E-state index is 0.0107. The average Bonchev–Trinajstić information content (AvgIpc) is 3.04. The molecule has 1 spiro atoms. The molecule has 2 bridgehead atoms. The molecule has 5 rings (SSSR count). The summed E-state index contributed by atoms with van der Waals surface area (Å²) in [6, 6.07) is 10.8. The Morgan fingerprint density at radius 1 is 1.10 bits per heavy atom. The molecule has 2 heterocycles. The number of fused-ring (bicyclic) bond motifs is 3. The van der Waals surface area contributed by atoms with Crippen molar-refractivity contribution in [3.05, 3.63) is 70.3 Å². The summed E-state index contributed by atoms with van der Waals surface area (Å²) >= 11 is 6.33. The molecule has 210 valence electrons. The second-order valence-electron chi connectivity index (χ2n) is 11.0. The molecule has 0 unspecified atom stereocenters. The first-order valence-corrected chi connectivity index (χ1v) is 15.4. The van der Waals surface area contributed by atoms with Crippen molar-refractivity contribution in [1.29, 1.82) is 0 Å². The molecule has 39 heavy (non-hydrogen) atoms. The van der Waals surface area contributed by atoms with Gasteiger partial charge in [-0.15, -0.1) is 0 Å². The highest BCUT2D eigenvalue weighted by molar-refractivity contribution is 7.89. The van der Waals surface area contributed by atoms with Crippen LogP contribution in [0.4, 0.5) is 5.69 Å². The molecule has 0 aromatic heterocycles. The van der Waals surface area contributed by atoms with Crippen LogP contribution in [0.1, 0.15) is 48.8 Å². The van der Waals surface area contributed by atoms with Crippen molar-refractivity contribution >= 4 is 33.3 Å². The normalized spacial score (nSPS) is 28.3. The fourth-order valence-corrected chi connectivity index (χ4v) is 7.62. The van der Waals surface area contributed by atoms with Crippen molar-refractivity contribution in [3.8, 4) is 5.75 Å². The first kappa shape index (κ1) is 28.0. The van der Waals surface area contributed by atoms with Crippen molar-refractivity contribution in [2.24, 2.45) is 0 Å². The van der Waals surface area contributed by atoms with E-state index in [0.29, 0.717) is 36.2 Å².